The summed E-state index contributed by atoms with van der Waals surface area (Å²) in [5, 5.41) is 3.42. The van der Waals surface area contributed by atoms with Gasteiger partial charge in [-0.2, -0.15) is 0 Å². The SMILES string of the molecule is CC(C)CNCc1nc2c([nH]1)CCCC2. The first-order chi connectivity index (χ1) is 7.25. The smallest absolute Gasteiger partial charge is 0.120 e. The molecule has 1 heterocycles. The molecule has 1 aromatic heterocycles. The molecule has 3 heteroatoms. The van der Waals surface area contributed by atoms with E-state index in [1.54, 1.807) is 0 Å². The van der Waals surface area contributed by atoms with Crippen molar-refractivity contribution in [3.05, 3.63) is 17.2 Å². The molecule has 0 saturated heterocycles. The monoisotopic (exact) mass is 207 g/mol. The molecule has 1 aromatic rings. The van der Waals surface area contributed by atoms with E-state index in [1.807, 2.05) is 0 Å². The fourth-order valence-electron chi connectivity index (χ4n) is 2.08. The van der Waals surface area contributed by atoms with E-state index in [4.69, 9.17) is 0 Å². The van der Waals surface area contributed by atoms with Crippen molar-refractivity contribution in [2.45, 2.75) is 46.1 Å². The van der Waals surface area contributed by atoms with Gasteiger partial charge in [0.25, 0.3) is 0 Å². The maximum atomic E-state index is 4.63. The highest BCUT2D eigenvalue weighted by Gasteiger charge is 2.13. The third kappa shape index (κ3) is 2.81. The molecular weight excluding hydrogens is 186 g/mol. The Morgan fingerprint density at radius 3 is 2.87 bits per heavy atom. The van der Waals surface area contributed by atoms with Crippen LogP contribution in [0.15, 0.2) is 0 Å². The number of nitrogens with zero attached hydrogens (tertiary/aromatic N) is 1. The van der Waals surface area contributed by atoms with Gasteiger partial charge in [0, 0.05) is 5.69 Å². The minimum absolute atomic E-state index is 0.703. The van der Waals surface area contributed by atoms with Crippen LogP contribution in [0.25, 0.3) is 0 Å². The Bertz CT molecular complexity index is 291. The van der Waals surface area contributed by atoms with Gasteiger partial charge in [0.15, 0.2) is 0 Å². The van der Waals surface area contributed by atoms with Crippen LogP contribution in [0.1, 0.15) is 43.9 Å². The lowest BCUT2D eigenvalue weighted by Crippen LogP contribution is -2.19. The fraction of sp³-hybridized carbons (Fsp3) is 0.750. The van der Waals surface area contributed by atoms with Crippen molar-refractivity contribution >= 4 is 0 Å². The molecule has 0 atom stereocenters. The lowest BCUT2D eigenvalue weighted by Gasteiger charge is -2.07. The number of H-pyrrole nitrogens is 1. The van der Waals surface area contributed by atoms with Crippen LogP contribution < -0.4 is 5.32 Å². The number of fused-ring (bicyclic) bond motifs is 1. The molecule has 1 aliphatic carbocycles. The van der Waals surface area contributed by atoms with Gasteiger partial charge in [-0.3, -0.25) is 0 Å². The largest absolute Gasteiger partial charge is 0.345 e. The lowest BCUT2D eigenvalue weighted by molar-refractivity contribution is 0.544. The molecule has 0 bridgehead atoms. The van der Waals surface area contributed by atoms with Crippen LogP contribution in [0, 0.1) is 5.92 Å². The molecule has 0 unspecified atom stereocenters. The fourth-order valence-corrected chi connectivity index (χ4v) is 2.08. The molecule has 0 aliphatic heterocycles. The van der Waals surface area contributed by atoms with Crippen LogP contribution >= 0.6 is 0 Å². The van der Waals surface area contributed by atoms with Gasteiger partial charge in [0.2, 0.25) is 0 Å². The number of hydrogen-bond donors (Lipinski definition) is 2. The summed E-state index contributed by atoms with van der Waals surface area (Å²) in [5.74, 6) is 1.82. The van der Waals surface area contributed by atoms with Gasteiger partial charge < -0.3 is 10.3 Å². The first-order valence-electron chi connectivity index (χ1n) is 6.03. The Balaban J connectivity index is 1.89. The summed E-state index contributed by atoms with van der Waals surface area (Å²) in [6.07, 6.45) is 4.97. The number of aromatic nitrogens is 2. The number of imidazole rings is 1. The van der Waals surface area contributed by atoms with Crippen molar-refractivity contribution in [3.63, 3.8) is 0 Å². The van der Waals surface area contributed by atoms with E-state index >= 15 is 0 Å². The number of aromatic amines is 1. The van der Waals surface area contributed by atoms with Crippen LogP contribution in [-0.2, 0) is 19.4 Å². The molecule has 2 rings (SSSR count). The average Bonchev–Trinajstić information content (AvgIpc) is 2.59. The summed E-state index contributed by atoms with van der Waals surface area (Å²) < 4.78 is 0. The standard InChI is InChI=1S/C12H21N3/c1-9(2)7-13-8-12-14-10-5-3-4-6-11(10)15-12/h9,13H,3-8H2,1-2H3,(H,14,15). The Hall–Kier alpha value is -0.830. The molecule has 3 nitrogen and oxygen atoms in total. The second kappa shape index (κ2) is 4.79. The molecule has 0 aromatic carbocycles. The van der Waals surface area contributed by atoms with Crippen LogP contribution in [0.3, 0.4) is 0 Å². The maximum absolute atomic E-state index is 4.63. The minimum Gasteiger partial charge on any atom is -0.345 e. The molecule has 0 amide bonds. The molecule has 0 spiro atoms. The van der Waals surface area contributed by atoms with Gasteiger partial charge in [0.1, 0.15) is 5.82 Å². The van der Waals surface area contributed by atoms with Crippen molar-refractivity contribution in [1.29, 1.82) is 0 Å². The highest BCUT2D eigenvalue weighted by Crippen LogP contribution is 2.18. The summed E-state index contributed by atoms with van der Waals surface area (Å²) in [7, 11) is 0. The number of nitrogens with one attached hydrogen (secondary N) is 2. The Morgan fingerprint density at radius 2 is 2.13 bits per heavy atom. The topological polar surface area (TPSA) is 40.7 Å². The van der Waals surface area contributed by atoms with Crippen LogP contribution in [0.2, 0.25) is 0 Å². The zero-order valence-corrected chi connectivity index (χ0v) is 9.77. The molecule has 84 valence electrons. The summed E-state index contributed by atoms with van der Waals surface area (Å²) in [6.45, 7) is 6.39. The predicted octanol–water partition coefficient (Wildman–Crippen LogP) is 2.03. The van der Waals surface area contributed by atoms with E-state index in [0.717, 1.165) is 25.3 Å². The average molecular weight is 207 g/mol. The quantitative estimate of drug-likeness (QED) is 0.793. The normalized spacial score (nSPS) is 15.7. The lowest BCUT2D eigenvalue weighted by atomic mass is 10.0. The third-order valence-corrected chi connectivity index (χ3v) is 2.85. The second-order valence-electron chi connectivity index (χ2n) is 4.84. The highest BCUT2D eigenvalue weighted by atomic mass is 15.0. The Labute approximate surface area is 91.7 Å². The number of hydrogen-bond acceptors (Lipinski definition) is 2. The zero-order chi connectivity index (χ0) is 10.7. The van der Waals surface area contributed by atoms with E-state index in [0.29, 0.717) is 5.92 Å². The zero-order valence-electron chi connectivity index (χ0n) is 9.77. The Morgan fingerprint density at radius 1 is 1.33 bits per heavy atom. The summed E-state index contributed by atoms with van der Waals surface area (Å²) >= 11 is 0. The van der Waals surface area contributed by atoms with E-state index in [1.165, 1.54) is 30.7 Å². The maximum Gasteiger partial charge on any atom is 0.120 e. The first-order valence-corrected chi connectivity index (χ1v) is 6.03. The van der Waals surface area contributed by atoms with Gasteiger partial charge in [-0.1, -0.05) is 13.8 Å². The minimum atomic E-state index is 0.703. The summed E-state index contributed by atoms with van der Waals surface area (Å²) in [6, 6.07) is 0. The molecule has 0 fully saturated rings. The molecule has 1 aliphatic rings. The van der Waals surface area contributed by atoms with Gasteiger partial charge >= 0.3 is 0 Å². The van der Waals surface area contributed by atoms with Crippen molar-refractivity contribution < 1.29 is 0 Å². The van der Waals surface area contributed by atoms with E-state index in [9.17, 15) is 0 Å². The molecule has 2 N–H and O–H groups in total. The van der Waals surface area contributed by atoms with Crippen LogP contribution in [-0.4, -0.2) is 16.5 Å². The van der Waals surface area contributed by atoms with E-state index in [-0.39, 0.29) is 0 Å². The van der Waals surface area contributed by atoms with E-state index in [2.05, 4.69) is 29.1 Å². The van der Waals surface area contributed by atoms with E-state index < -0.39 is 0 Å². The molecule has 0 radical (unpaired) electrons. The number of rotatable bonds is 4. The number of aryl methyl sites for hydroxylation is 2. The second-order valence-corrected chi connectivity index (χ2v) is 4.84. The van der Waals surface area contributed by atoms with Crippen molar-refractivity contribution in [3.8, 4) is 0 Å². The first kappa shape index (κ1) is 10.7. The van der Waals surface area contributed by atoms with Crippen LogP contribution in [0.4, 0.5) is 0 Å². The van der Waals surface area contributed by atoms with Gasteiger partial charge in [0.05, 0.1) is 12.2 Å². The van der Waals surface area contributed by atoms with Crippen molar-refractivity contribution in [2.24, 2.45) is 5.92 Å². The third-order valence-electron chi connectivity index (χ3n) is 2.85. The summed E-state index contributed by atoms with van der Waals surface area (Å²) in [4.78, 5) is 8.06. The molecular formula is C12H21N3. The van der Waals surface area contributed by atoms with Gasteiger partial charge in [-0.05, 0) is 38.1 Å². The highest BCUT2D eigenvalue weighted by molar-refractivity contribution is 5.17. The predicted molar refractivity (Wildman–Crippen MR) is 61.8 cm³/mol. The molecule has 0 saturated carbocycles. The van der Waals surface area contributed by atoms with Crippen molar-refractivity contribution in [1.82, 2.24) is 15.3 Å². The molecule has 15 heavy (non-hydrogen) atoms. The van der Waals surface area contributed by atoms with Gasteiger partial charge in [-0.25, -0.2) is 4.98 Å². The summed E-state index contributed by atoms with van der Waals surface area (Å²) in [5.41, 5.74) is 2.69. The van der Waals surface area contributed by atoms with Crippen LogP contribution in [0.5, 0.6) is 0 Å². The Kier molecular flexibility index (Phi) is 3.41. The van der Waals surface area contributed by atoms with Gasteiger partial charge in [-0.15, -0.1) is 0 Å². The van der Waals surface area contributed by atoms with Crippen molar-refractivity contribution in [2.75, 3.05) is 6.54 Å².